The van der Waals surface area contributed by atoms with Crippen molar-refractivity contribution in [2.75, 3.05) is 25.5 Å². The Kier molecular flexibility index (Phi) is 5.67. The van der Waals surface area contributed by atoms with Gasteiger partial charge in [-0.1, -0.05) is 6.07 Å². The number of thiophene rings is 1. The zero-order valence-corrected chi connectivity index (χ0v) is 17.2. The molecule has 6 nitrogen and oxygen atoms in total. The van der Waals surface area contributed by atoms with E-state index in [9.17, 15) is 14.4 Å². The summed E-state index contributed by atoms with van der Waals surface area (Å²) in [4.78, 5) is 41.1. The maximum atomic E-state index is 12.8. The highest BCUT2D eigenvalue weighted by molar-refractivity contribution is 7.14. The van der Waals surface area contributed by atoms with Crippen molar-refractivity contribution >= 4 is 34.8 Å². The number of hydrogen-bond acceptors (Lipinski definition) is 5. The number of anilines is 1. The highest BCUT2D eigenvalue weighted by Gasteiger charge is 2.29. The lowest BCUT2D eigenvalue weighted by Crippen LogP contribution is -2.27. The second-order valence-electron chi connectivity index (χ2n) is 7.56. The summed E-state index contributed by atoms with van der Waals surface area (Å²) in [6, 6.07) is 8.73. The van der Waals surface area contributed by atoms with Gasteiger partial charge in [0, 0.05) is 29.6 Å². The molecule has 1 N–H and O–H groups in total. The van der Waals surface area contributed by atoms with E-state index < -0.39 is 5.97 Å². The number of nitrogens with zero attached hydrogens (tertiary/aromatic N) is 1. The number of amides is 2. The van der Waals surface area contributed by atoms with Crippen LogP contribution < -0.4 is 5.32 Å². The maximum absolute atomic E-state index is 12.8. The van der Waals surface area contributed by atoms with Crippen LogP contribution in [0.4, 0.5) is 5.69 Å². The first-order valence-electron chi connectivity index (χ1n) is 9.95. The number of carbonyl (C=O) groups is 3. The molecule has 1 unspecified atom stereocenters. The monoisotopic (exact) mass is 412 g/mol. The van der Waals surface area contributed by atoms with Gasteiger partial charge in [0.1, 0.15) is 0 Å². The molecule has 0 bridgehead atoms. The number of rotatable bonds is 4. The van der Waals surface area contributed by atoms with E-state index in [-0.39, 0.29) is 17.7 Å². The van der Waals surface area contributed by atoms with Gasteiger partial charge in [-0.2, -0.15) is 0 Å². The Bertz CT molecular complexity index is 946. The minimum atomic E-state index is -0.433. The first kappa shape index (κ1) is 19.6. The highest BCUT2D eigenvalue weighted by atomic mass is 32.1. The lowest BCUT2D eigenvalue weighted by Gasteiger charge is -2.21. The zero-order valence-electron chi connectivity index (χ0n) is 16.4. The van der Waals surface area contributed by atoms with Crippen molar-refractivity contribution in [1.82, 2.24) is 4.90 Å². The number of fused-ring (bicyclic) bond motifs is 1. The second kappa shape index (κ2) is 8.37. The summed E-state index contributed by atoms with van der Waals surface area (Å²) in [7, 11) is 1.33. The molecule has 0 radical (unpaired) electrons. The van der Waals surface area contributed by atoms with Crippen LogP contribution in [0.1, 0.15) is 49.7 Å². The van der Waals surface area contributed by atoms with E-state index >= 15 is 0 Å². The third-order valence-electron chi connectivity index (χ3n) is 5.61. The maximum Gasteiger partial charge on any atom is 0.337 e. The minimum Gasteiger partial charge on any atom is -0.465 e. The molecule has 1 aliphatic carbocycles. The molecular weight excluding hydrogens is 388 g/mol. The smallest absolute Gasteiger partial charge is 0.337 e. The quantitative estimate of drug-likeness (QED) is 0.780. The van der Waals surface area contributed by atoms with Gasteiger partial charge in [0.15, 0.2) is 0 Å². The summed E-state index contributed by atoms with van der Waals surface area (Å²) >= 11 is 1.58. The molecule has 1 aromatic heterocycles. The fourth-order valence-corrected chi connectivity index (χ4v) is 5.19. The second-order valence-corrected chi connectivity index (χ2v) is 8.70. The Morgan fingerprint density at radius 1 is 1.17 bits per heavy atom. The topological polar surface area (TPSA) is 75.7 Å². The number of hydrogen-bond donors (Lipinski definition) is 1. The Morgan fingerprint density at radius 3 is 2.72 bits per heavy atom. The van der Waals surface area contributed by atoms with Gasteiger partial charge in [-0.3, -0.25) is 9.59 Å². The number of nitrogens with one attached hydrogen (secondary N) is 1. The summed E-state index contributed by atoms with van der Waals surface area (Å²) < 4.78 is 4.73. The number of esters is 1. The van der Waals surface area contributed by atoms with Gasteiger partial charge < -0.3 is 15.0 Å². The third kappa shape index (κ3) is 4.19. The number of ether oxygens (including phenoxy) is 1. The van der Waals surface area contributed by atoms with Crippen LogP contribution in [0.25, 0.3) is 0 Å². The van der Waals surface area contributed by atoms with Crippen LogP contribution in [0.3, 0.4) is 0 Å². The van der Waals surface area contributed by atoms with Crippen LogP contribution in [0, 0.1) is 5.92 Å². The van der Waals surface area contributed by atoms with E-state index in [0.717, 1.165) is 49.2 Å². The van der Waals surface area contributed by atoms with E-state index in [4.69, 9.17) is 4.74 Å². The molecule has 2 aliphatic rings. The molecule has 7 heteroatoms. The van der Waals surface area contributed by atoms with E-state index in [0.29, 0.717) is 17.7 Å². The molecule has 1 aromatic carbocycles. The molecule has 1 fully saturated rings. The molecule has 0 saturated carbocycles. The van der Waals surface area contributed by atoms with Crippen LogP contribution in [0.15, 0.2) is 30.3 Å². The normalized spacial score (nSPS) is 18.2. The van der Waals surface area contributed by atoms with E-state index in [1.54, 1.807) is 35.6 Å². The van der Waals surface area contributed by atoms with Gasteiger partial charge >= 0.3 is 5.97 Å². The summed E-state index contributed by atoms with van der Waals surface area (Å²) in [5.41, 5.74) is 2.10. The highest BCUT2D eigenvalue weighted by Crippen LogP contribution is 2.34. The van der Waals surface area contributed by atoms with Gasteiger partial charge in [-0.15, -0.1) is 11.3 Å². The Labute approximate surface area is 173 Å². The SMILES string of the molecule is COC(=O)c1cccc(NC(=O)C2CCc3sc(C(=O)N4CCCC4)cc3C2)c1. The average Bonchev–Trinajstić information content (AvgIpc) is 3.42. The molecule has 0 spiro atoms. The van der Waals surface area contributed by atoms with Crippen molar-refractivity contribution in [3.63, 3.8) is 0 Å². The number of benzene rings is 1. The molecule has 4 rings (SSSR count). The lowest BCUT2D eigenvalue weighted by molar-refractivity contribution is -0.120. The Hall–Kier alpha value is -2.67. The van der Waals surface area contributed by atoms with Crippen molar-refractivity contribution in [2.45, 2.75) is 32.1 Å². The largest absolute Gasteiger partial charge is 0.465 e. The number of methoxy groups -OCH3 is 1. The van der Waals surface area contributed by atoms with Crippen LogP contribution in [0.2, 0.25) is 0 Å². The van der Waals surface area contributed by atoms with Gasteiger partial charge in [-0.05, 0) is 61.9 Å². The summed E-state index contributed by atoms with van der Waals surface area (Å²) in [6.45, 7) is 1.69. The molecule has 2 aromatic rings. The first-order chi connectivity index (χ1) is 14.0. The predicted molar refractivity (Wildman–Crippen MR) is 111 cm³/mol. The van der Waals surface area contributed by atoms with Crippen molar-refractivity contribution < 1.29 is 19.1 Å². The molecule has 1 saturated heterocycles. The molecule has 2 heterocycles. The molecule has 1 atom stereocenters. The van der Waals surface area contributed by atoms with Gasteiger partial charge in [0.2, 0.25) is 5.91 Å². The molecule has 152 valence electrons. The van der Waals surface area contributed by atoms with Crippen LogP contribution >= 0.6 is 11.3 Å². The predicted octanol–water partition coefficient (Wildman–Crippen LogP) is 3.51. The van der Waals surface area contributed by atoms with Crippen molar-refractivity contribution in [2.24, 2.45) is 5.92 Å². The average molecular weight is 413 g/mol. The first-order valence-corrected chi connectivity index (χ1v) is 10.8. The Morgan fingerprint density at radius 2 is 1.97 bits per heavy atom. The van der Waals surface area contributed by atoms with Crippen LogP contribution in [-0.2, 0) is 22.4 Å². The zero-order chi connectivity index (χ0) is 20.4. The number of aryl methyl sites for hydroxylation is 1. The van der Waals surface area contributed by atoms with Crippen molar-refractivity contribution in [3.05, 3.63) is 51.2 Å². The fourth-order valence-electron chi connectivity index (χ4n) is 4.02. The minimum absolute atomic E-state index is 0.0590. The molecule has 29 heavy (non-hydrogen) atoms. The van der Waals surface area contributed by atoms with Gasteiger partial charge in [0.25, 0.3) is 5.91 Å². The molecule has 1 aliphatic heterocycles. The number of carbonyl (C=O) groups excluding carboxylic acids is 3. The summed E-state index contributed by atoms with van der Waals surface area (Å²) in [5, 5.41) is 2.92. The fraction of sp³-hybridized carbons (Fsp3) is 0.409. The molecular formula is C22H24N2O4S. The van der Waals surface area contributed by atoms with E-state index in [1.165, 1.54) is 12.0 Å². The Balaban J connectivity index is 1.42. The van der Waals surface area contributed by atoms with E-state index in [2.05, 4.69) is 5.32 Å². The molecule has 2 amide bonds. The van der Waals surface area contributed by atoms with Crippen molar-refractivity contribution in [3.8, 4) is 0 Å². The third-order valence-corrected chi connectivity index (χ3v) is 6.83. The van der Waals surface area contributed by atoms with Crippen LogP contribution in [-0.4, -0.2) is 42.9 Å². The van der Waals surface area contributed by atoms with Gasteiger partial charge in [0.05, 0.1) is 17.6 Å². The van der Waals surface area contributed by atoms with Crippen molar-refractivity contribution in [1.29, 1.82) is 0 Å². The van der Waals surface area contributed by atoms with Gasteiger partial charge in [-0.25, -0.2) is 4.79 Å². The summed E-state index contributed by atoms with van der Waals surface area (Å²) in [6.07, 6.45) is 4.37. The van der Waals surface area contributed by atoms with Crippen LogP contribution in [0.5, 0.6) is 0 Å². The standard InChI is InChI=1S/C22H24N2O4S/c1-28-22(27)15-5-4-6-17(12-15)23-20(25)14-7-8-18-16(11-14)13-19(29-18)21(26)24-9-2-3-10-24/h4-6,12-14H,2-3,7-11H2,1H3,(H,23,25). The number of likely N-dealkylation sites (tertiary alicyclic amines) is 1. The van der Waals surface area contributed by atoms with E-state index in [1.807, 2.05) is 11.0 Å². The lowest BCUT2D eigenvalue weighted by atomic mass is 9.87. The summed E-state index contributed by atoms with van der Waals surface area (Å²) in [5.74, 6) is -0.510.